The molecule has 6 heteroatoms. The average Bonchev–Trinajstić information content (AvgIpc) is 2.48. The monoisotopic (exact) mass is 322 g/mol. The Bertz CT molecular complexity index is 839. The fourth-order valence-corrected chi connectivity index (χ4v) is 2.53. The molecule has 1 aromatic heterocycles. The first-order valence-electron chi connectivity index (χ1n) is 6.06. The van der Waals surface area contributed by atoms with Gasteiger partial charge in [0.05, 0.1) is 23.2 Å². The van der Waals surface area contributed by atoms with E-state index in [2.05, 4.69) is 9.97 Å². The predicted molar refractivity (Wildman–Crippen MR) is 81.5 cm³/mol. The van der Waals surface area contributed by atoms with Gasteiger partial charge in [-0.05, 0) is 24.3 Å². The van der Waals surface area contributed by atoms with E-state index < -0.39 is 5.82 Å². The molecule has 3 nitrogen and oxygen atoms in total. The third kappa shape index (κ3) is 2.41. The summed E-state index contributed by atoms with van der Waals surface area (Å²) in [4.78, 5) is 8.49. The Hall–Kier alpha value is -1.91. The lowest BCUT2D eigenvalue weighted by molar-refractivity contribution is 0.413. The second kappa shape index (κ2) is 5.47. The van der Waals surface area contributed by atoms with Crippen molar-refractivity contribution in [2.24, 2.45) is 0 Å². The Morgan fingerprint density at radius 1 is 1.05 bits per heavy atom. The second-order valence-corrected chi connectivity index (χ2v) is 5.06. The number of aromatic nitrogens is 2. The van der Waals surface area contributed by atoms with E-state index in [-0.39, 0.29) is 16.5 Å². The maximum Gasteiger partial charge on any atom is 0.168 e. The quantitative estimate of drug-likeness (QED) is 0.638. The SMILES string of the molecule is COc1cccc(F)c1-c1nc(Cl)c2cccc(Cl)c2n1. The molecule has 0 radical (unpaired) electrons. The van der Waals surface area contributed by atoms with Crippen molar-refractivity contribution in [1.29, 1.82) is 0 Å². The normalized spacial score (nSPS) is 10.9. The van der Waals surface area contributed by atoms with E-state index in [1.165, 1.54) is 13.2 Å². The van der Waals surface area contributed by atoms with Gasteiger partial charge in [0.15, 0.2) is 5.82 Å². The molecular weight excluding hydrogens is 314 g/mol. The molecule has 106 valence electrons. The van der Waals surface area contributed by atoms with Crippen LogP contribution < -0.4 is 4.74 Å². The summed E-state index contributed by atoms with van der Waals surface area (Å²) in [5, 5.41) is 1.25. The van der Waals surface area contributed by atoms with Crippen molar-refractivity contribution < 1.29 is 9.13 Å². The van der Waals surface area contributed by atoms with Crippen molar-refractivity contribution >= 4 is 34.1 Å². The summed E-state index contributed by atoms with van der Waals surface area (Å²) in [5.74, 6) is -0.0233. The maximum absolute atomic E-state index is 14.1. The first-order valence-corrected chi connectivity index (χ1v) is 6.82. The molecule has 0 aliphatic rings. The van der Waals surface area contributed by atoms with Gasteiger partial charge in [-0.15, -0.1) is 0 Å². The smallest absolute Gasteiger partial charge is 0.168 e. The number of halogens is 3. The zero-order valence-electron chi connectivity index (χ0n) is 10.9. The summed E-state index contributed by atoms with van der Waals surface area (Å²) in [5.41, 5.74) is 0.628. The van der Waals surface area contributed by atoms with E-state index in [0.717, 1.165) is 0 Å². The molecule has 0 spiro atoms. The van der Waals surface area contributed by atoms with Crippen LogP contribution in [-0.2, 0) is 0 Å². The van der Waals surface area contributed by atoms with Gasteiger partial charge >= 0.3 is 0 Å². The molecule has 3 aromatic rings. The van der Waals surface area contributed by atoms with Crippen LogP contribution in [0, 0.1) is 5.82 Å². The van der Waals surface area contributed by atoms with Crippen LogP contribution in [0.2, 0.25) is 10.2 Å². The summed E-state index contributed by atoms with van der Waals surface area (Å²) >= 11 is 12.3. The van der Waals surface area contributed by atoms with Crippen LogP contribution in [0.15, 0.2) is 36.4 Å². The highest BCUT2D eigenvalue weighted by Gasteiger charge is 2.17. The molecule has 0 aliphatic heterocycles. The van der Waals surface area contributed by atoms with Crippen molar-refractivity contribution in [3.63, 3.8) is 0 Å². The lowest BCUT2D eigenvalue weighted by Crippen LogP contribution is -1.98. The zero-order chi connectivity index (χ0) is 15.0. The van der Waals surface area contributed by atoms with E-state index in [1.807, 2.05) is 0 Å². The number of hydrogen-bond donors (Lipinski definition) is 0. The molecule has 0 atom stereocenters. The molecule has 0 amide bonds. The zero-order valence-corrected chi connectivity index (χ0v) is 12.4. The van der Waals surface area contributed by atoms with Crippen LogP contribution in [-0.4, -0.2) is 17.1 Å². The van der Waals surface area contributed by atoms with Gasteiger partial charge in [-0.3, -0.25) is 0 Å². The van der Waals surface area contributed by atoms with Crippen molar-refractivity contribution in [3.05, 3.63) is 52.4 Å². The van der Waals surface area contributed by atoms with Gasteiger partial charge in [-0.2, -0.15) is 0 Å². The highest BCUT2D eigenvalue weighted by atomic mass is 35.5. The van der Waals surface area contributed by atoms with Crippen molar-refractivity contribution in [2.75, 3.05) is 7.11 Å². The number of nitrogens with zero attached hydrogens (tertiary/aromatic N) is 2. The third-order valence-corrected chi connectivity index (χ3v) is 3.64. The molecule has 2 aromatic carbocycles. The van der Waals surface area contributed by atoms with Gasteiger partial charge in [0.25, 0.3) is 0 Å². The summed E-state index contributed by atoms with van der Waals surface area (Å²) < 4.78 is 19.3. The van der Waals surface area contributed by atoms with Crippen LogP contribution in [0.3, 0.4) is 0 Å². The van der Waals surface area contributed by atoms with E-state index in [9.17, 15) is 4.39 Å². The molecule has 0 fully saturated rings. The fraction of sp³-hybridized carbons (Fsp3) is 0.0667. The number of benzene rings is 2. The third-order valence-electron chi connectivity index (χ3n) is 3.05. The standard InChI is InChI=1S/C15H9Cl2FN2O/c1-21-11-7-3-6-10(18)12(11)15-19-13-8(14(17)20-15)4-2-5-9(13)16/h2-7H,1H3. The molecule has 0 saturated carbocycles. The molecule has 0 saturated heterocycles. The van der Waals surface area contributed by atoms with Gasteiger partial charge in [0, 0.05) is 5.39 Å². The minimum absolute atomic E-state index is 0.135. The number of fused-ring (bicyclic) bond motifs is 1. The molecule has 0 unspecified atom stereocenters. The first kappa shape index (κ1) is 14.0. The van der Waals surface area contributed by atoms with Gasteiger partial charge in [-0.1, -0.05) is 35.3 Å². The Morgan fingerprint density at radius 2 is 1.81 bits per heavy atom. The van der Waals surface area contributed by atoms with Crippen molar-refractivity contribution in [2.45, 2.75) is 0 Å². The minimum atomic E-state index is -0.489. The minimum Gasteiger partial charge on any atom is -0.496 e. The molecule has 21 heavy (non-hydrogen) atoms. The van der Waals surface area contributed by atoms with E-state index in [4.69, 9.17) is 27.9 Å². The van der Waals surface area contributed by atoms with E-state index in [0.29, 0.717) is 21.7 Å². The lowest BCUT2D eigenvalue weighted by Gasteiger charge is -2.10. The predicted octanol–water partition coefficient (Wildman–Crippen LogP) is 4.75. The summed E-state index contributed by atoms with van der Waals surface area (Å²) in [6, 6.07) is 9.69. The number of hydrogen-bond acceptors (Lipinski definition) is 3. The molecule has 0 N–H and O–H groups in total. The Kier molecular flexibility index (Phi) is 3.66. The van der Waals surface area contributed by atoms with Crippen molar-refractivity contribution in [3.8, 4) is 17.1 Å². The second-order valence-electron chi connectivity index (χ2n) is 4.29. The number of rotatable bonds is 2. The molecular formula is C15H9Cl2FN2O. The molecule has 3 rings (SSSR count). The Morgan fingerprint density at radius 3 is 2.57 bits per heavy atom. The fourth-order valence-electron chi connectivity index (χ4n) is 2.08. The van der Waals surface area contributed by atoms with Gasteiger partial charge < -0.3 is 4.74 Å². The van der Waals surface area contributed by atoms with Crippen LogP contribution in [0.25, 0.3) is 22.3 Å². The topological polar surface area (TPSA) is 35.0 Å². The summed E-state index contributed by atoms with van der Waals surface area (Å²) in [7, 11) is 1.45. The number of methoxy groups -OCH3 is 1. The van der Waals surface area contributed by atoms with Crippen LogP contribution in [0.1, 0.15) is 0 Å². The van der Waals surface area contributed by atoms with Crippen LogP contribution in [0.4, 0.5) is 4.39 Å². The molecule has 0 aliphatic carbocycles. The highest BCUT2D eigenvalue weighted by molar-refractivity contribution is 6.38. The Labute approximate surface area is 130 Å². The number of para-hydroxylation sites is 1. The molecule has 1 heterocycles. The van der Waals surface area contributed by atoms with Crippen LogP contribution >= 0.6 is 23.2 Å². The maximum atomic E-state index is 14.1. The summed E-state index contributed by atoms with van der Waals surface area (Å²) in [6.45, 7) is 0. The molecule has 0 bridgehead atoms. The highest BCUT2D eigenvalue weighted by Crippen LogP contribution is 2.34. The largest absolute Gasteiger partial charge is 0.496 e. The Balaban J connectivity index is 2.34. The van der Waals surface area contributed by atoms with E-state index in [1.54, 1.807) is 30.3 Å². The summed E-state index contributed by atoms with van der Waals surface area (Å²) in [6.07, 6.45) is 0. The van der Waals surface area contributed by atoms with E-state index >= 15 is 0 Å². The average molecular weight is 323 g/mol. The lowest BCUT2D eigenvalue weighted by atomic mass is 10.1. The van der Waals surface area contributed by atoms with Gasteiger partial charge in [0.1, 0.15) is 16.7 Å². The van der Waals surface area contributed by atoms with Gasteiger partial charge in [0.2, 0.25) is 0 Å². The van der Waals surface area contributed by atoms with Gasteiger partial charge in [-0.25, -0.2) is 14.4 Å². The first-order chi connectivity index (χ1) is 10.1. The number of ether oxygens (including phenoxy) is 1. The van der Waals surface area contributed by atoms with Crippen molar-refractivity contribution in [1.82, 2.24) is 9.97 Å². The van der Waals surface area contributed by atoms with Crippen LogP contribution in [0.5, 0.6) is 5.75 Å².